The van der Waals surface area contributed by atoms with Gasteiger partial charge in [0.25, 0.3) is 0 Å². The molecule has 0 spiro atoms. The number of benzene rings is 1. The largest absolute Gasteiger partial charge is 0.380 e. The highest BCUT2D eigenvalue weighted by atomic mass is 16.5. The second kappa shape index (κ2) is 7.43. The number of methoxy groups -OCH3 is 1. The molecule has 0 fully saturated rings. The lowest BCUT2D eigenvalue weighted by Gasteiger charge is -2.22. The highest BCUT2D eigenvalue weighted by Gasteiger charge is 2.13. The van der Waals surface area contributed by atoms with Crippen LogP contribution in [0, 0.1) is 0 Å². The Morgan fingerprint density at radius 1 is 1.35 bits per heavy atom. The van der Waals surface area contributed by atoms with Crippen LogP contribution in [0.15, 0.2) is 24.3 Å². The van der Waals surface area contributed by atoms with Crippen LogP contribution in [0.25, 0.3) is 0 Å². The average molecular weight is 236 g/mol. The Kier molecular flexibility index (Phi) is 6.19. The number of aryl methyl sites for hydroxylation is 1. The average Bonchev–Trinajstić information content (AvgIpc) is 2.39. The van der Waals surface area contributed by atoms with E-state index in [1.54, 1.807) is 7.11 Å². The molecule has 0 amide bonds. The van der Waals surface area contributed by atoms with Crippen LogP contribution in [-0.4, -0.2) is 26.3 Å². The van der Waals surface area contributed by atoms with E-state index >= 15 is 0 Å². The lowest BCUT2D eigenvalue weighted by molar-refractivity contribution is 0.114. The van der Waals surface area contributed by atoms with E-state index in [4.69, 9.17) is 10.5 Å². The fourth-order valence-electron chi connectivity index (χ4n) is 1.91. The van der Waals surface area contributed by atoms with Crippen LogP contribution in [0.5, 0.6) is 0 Å². The van der Waals surface area contributed by atoms with E-state index in [1.165, 1.54) is 11.1 Å². The Hall–Kier alpha value is -0.900. The molecule has 2 unspecified atom stereocenters. The summed E-state index contributed by atoms with van der Waals surface area (Å²) in [4.78, 5) is 0. The van der Waals surface area contributed by atoms with Gasteiger partial charge in [0.15, 0.2) is 0 Å². The summed E-state index contributed by atoms with van der Waals surface area (Å²) in [6.07, 6.45) is 1.24. The molecule has 3 nitrogen and oxygen atoms in total. The van der Waals surface area contributed by atoms with E-state index < -0.39 is 0 Å². The minimum atomic E-state index is 0.206. The summed E-state index contributed by atoms with van der Waals surface area (Å²) in [6, 6.07) is 8.68. The zero-order valence-electron chi connectivity index (χ0n) is 11.1. The molecular formula is C14H24N2O. The molecule has 0 saturated heterocycles. The third kappa shape index (κ3) is 4.11. The van der Waals surface area contributed by atoms with Gasteiger partial charge in [0, 0.05) is 26.2 Å². The van der Waals surface area contributed by atoms with E-state index in [9.17, 15) is 0 Å². The van der Waals surface area contributed by atoms with Crippen LogP contribution in [0.4, 0.5) is 0 Å². The predicted molar refractivity (Wildman–Crippen MR) is 72.1 cm³/mol. The van der Waals surface area contributed by atoms with E-state index in [0.717, 1.165) is 13.0 Å². The van der Waals surface area contributed by atoms with Crippen molar-refractivity contribution in [1.82, 2.24) is 5.32 Å². The lowest BCUT2D eigenvalue weighted by atomic mass is 9.98. The monoisotopic (exact) mass is 236 g/mol. The van der Waals surface area contributed by atoms with Gasteiger partial charge in [-0.1, -0.05) is 31.2 Å². The van der Waals surface area contributed by atoms with Gasteiger partial charge in [-0.15, -0.1) is 0 Å². The van der Waals surface area contributed by atoms with E-state index in [-0.39, 0.29) is 12.1 Å². The van der Waals surface area contributed by atoms with Crippen molar-refractivity contribution in [3.63, 3.8) is 0 Å². The van der Waals surface area contributed by atoms with Crippen molar-refractivity contribution in [2.24, 2.45) is 5.73 Å². The van der Waals surface area contributed by atoms with Crippen molar-refractivity contribution in [3.8, 4) is 0 Å². The number of rotatable bonds is 7. The van der Waals surface area contributed by atoms with Crippen molar-refractivity contribution in [3.05, 3.63) is 35.4 Å². The quantitative estimate of drug-likeness (QED) is 0.760. The molecular weight excluding hydrogens is 212 g/mol. The first-order chi connectivity index (χ1) is 8.22. The normalized spacial score (nSPS) is 14.6. The zero-order chi connectivity index (χ0) is 12.7. The van der Waals surface area contributed by atoms with Crippen LogP contribution < -0.4 is 11.1 Å². The molecule has 2 atom stereocenters. The van der Waals surface area contributed by atoms with E-state index in [1.807, 2.05) is 6.92 Å². The molecule has 0 aliphatic carbocycles. The van der Waals surface area contributed by atoms with Gasteiger partial charge in [-0.05, 0) is 24.5 Å². The van der Waals surface area contributed by atoms with Crippen LogP contribution in [0.3, 0.4) is 0 Å². The Morgan fingerprint density at radius 3 is 2.65 bits per heavy atom. The van der Waals surface area contributed by atoms with Gasteiger partial charge < -0.3 is 15.8 Å². The van der Waals surface area contributed by atoms with E-state index in [2.05, 4.69) is 36.5 Å². The molecule has 0 aliphatic rings. The van der Waals surface area contributed by atoms with Crippen molar-refractivity contribution >= 4 is 0 Å². The fourth-order valence-corrected chi connectivity index (χ4v) is 1.91. The zero-order valence-corrected chi connectivity index (χ0v) is 11.1. The standard InChI is InChI=1S/C14H24N2O/c1-4-12-7-5-6-8-13(12)14(9-15)16-10-11(2)17-3/h5-8,11,14,16H,4,9-10,15H2,1-3H3. The van der Waals surface area contributed by atoms with Crippen LogP contribution >= 0.6 is 0 Å². The Morgan fingerprint density at radius 2 is 2.06 bits per heavy atom. The molecule has 0 saturated carbocycles. The highest BCUT2D eigenvalue weighted by molar-refractivity contribution is 5.30. The van der Waals surface area contributed by atoms with Crippen molar-refractivity contribution < 1.29 is 4.74 Å². The van der Waals surface area contributed by atoms with Crippen LogP contribution in [-0.2, 0) is 11.2 Å². The summed E-state index contributed by atoms with van der Waals surface area (Å²) in [5, 5.41) is 3.46. The molecule has 0 aromatic heterocycles. The molecule has 96 valence electrons. The topological polar surface area (TPSA) is 47.3 Å². The van der Waals surface area contributed by atoms with Gasteiger partial charge in [0.1, 0.15) is 0 Å². The first-order valence-corrected chi connectivity index (χ1v) is 6.26. The van der Waals surface area contributed by atoms with E-state index in [0.29, 0.717) is 6.54 Å². The maximum Gasteiger partial charge on any atom is 0.0667 e. The summed E-state index contributed by atoms with van der Waals surface area (Å²) in [6.45, 7) is 5.64. The number of nitrogens with two attached hydrogens (primary N) is 1. The summed E-state index contributed by atoms with van der Waals surface area (Å²) in [5.41, 5.74) is 8.52. The highest BCUT2D eigenvalue weighted by Crippen LogP contribution is 2.17. The third-order valence-electron chi connectivity index (χ3n) is 3.10. The molecule has 3 N–H and O–H groups in total. The number of ether oxygens (including phenoxy) is 1. The minimum Gasteiger partial charge on any atom is -0.380 e. The molecule has 3 heteroatoms. The van der Waals surface area contributed by atoms with Gasteiger partial charge in [-0.2, -0.15) is 0 Å². The number of hydrogen-bond donors (Lipinski definition) is 2. The molecule has 17 heavy (non-hydrogen) atoms. The summed E-state index contributed by atoms with van der Waals surface area (Å²) in [7, 11) is 1.73. The van der Waals surface area contributed by atoms with Gasteiger partial charge in [-0.3, -0.25) is 0 Å². The predicted octanol–water partition coefficient (Wildman–Crippen LogP) is 1.87. The Bertz CT molecular complexity index is 328. The second-order valence-electron chi connectivity index (χ2n) is 4.30. The SMILES string of the molecule is CCc1ccccc1C(CN)NCC(C)OC. The summed E-state index contributed by atoms with van der Waals surface area (Å²) < 4.78 is 5.23. The van der Waals surface area contributed by atoms with Gasteiger partial charge in [0.2, 0.25) is 0 Å². The molecule has 0 radical (unpaired) electrons. The second-order valence-corrected chi connectivity index (χ2v) is 4.30. The van der Waals surface area contributed by atoms with Crippen LogP contribution in [0.2, 0.25) is 0 Å². The minimum absolute atomic E-state index is 0.206. The first-order valence-electron chi connectivity index (χ1n) is 6.26. The molecule has 1 aromatic rings. The number of hydrogen-bond acceptors (Lipinski definition) is 3. The smallest absolute Gasteiger partial charge is 0.0667 e. The third-order valence-corrected chi connectivity index (χ3v) is 3.10. The molecule has 0 aliphatic heterocycles. The Labute approximate surface area is 104 Å². The number of nitrogens with one attached hydrogen (secondary N) is 1. The fraction of sp³-hybridized carbons (Fsp3) is 0.571. The molecule has 0 bridgehead atoms. The molecule has 0 heterocycles. The van der Waals surface area contributed by atoms with Crippen molar-refractivity contribution in [2.45, 2.75) is 32.4 Å². The maximum atomic E-state index is 5.85. The first kappa shape index (κ1) is 14.2. The molecule has 1 rings (SSSR count). The van der Waals surface area contributed by atoms with Crippen LogP contribution in [0.1, 0.15) is 31.0 Å². The van der Waals surface area contributed by atoms with Gasteiger partial charge >= 0.3 is 0 Å². The van der Waals surface area contributed by atoms with Crippen molar-refractivity contribution in [2.75, 3.05) is 20.2 Å². The summed E-state index contributed by atoms with van der Waals surface area (Å²) in [5.74, 6) is 0. The molecule has 1 aromatic carbocycles. The van der Waals surface area contributed by atoms with Gasteiger partial charge in [0.05, 0.1) is 6.10 Å². The van der Waals surface area contributed by atoms with Gasteiger partial charge in [-0.25, -0.2) is 0 Å². The lowest BCUT2D eigenvalue weighted by Crippen LogP contribution is -2.34. The summed E-state index contributed by atoms with van der Waals surface area (Å²) >= 11 is 0. The Balaban J connectivity index is 2.72. The maximum absolute atomic E-state index is 5.85. The van der Waals surface area contributed by atoms with Crippen molar-refractivity contribution in [1.29, 1.82) is 0 Å².